The highest BCUT2D eigenvalue weighted by molar-refractivity contribution is 5.90. The van der Waals surface area contributed by atoms with Crippen LogP contribution in [0.25, 0.3) is 0 Å². The second kappa shape index (κ2) is 6.53. The summed E-state index contributed by atoms with van der Waals surface area (Å²) >= 11 is 0. The van der Waals surface area contributed by atoms with Crippen molar-refractivity contribution in [2.75, 3.05) is 13.1 Å². The summed E-state index contributed by atoms with van der Waals surface area (Å²) in [6.45, 7) is 1.06. The molecular weight excluding hydrogens is 275 g/mol. The molecule has 114 valence electrons. The van der Waals surface area contributed by atoms with Gasteiger partial charge >= 0.3 is 12.1 Å². The Bertz CT molecular complexity index is 422. The van der Waals surface area contributed by atoms with E-state index >= 15 is 0 Å². The van der Waals surface area contributed by atoms with Crippen LogP contribution >= 0.6 is 0 Å². The Balaban J connectivity index is 3.10. The lowest BCUT2D eigenvalue weighted by Crippen LogP contribution is -2.32. The first kappa shape index (κ1) is 16.2. The number of aliphatic carboxylic acids is 1. The van der Waals surface area contributed by atoms with Crippen LogP contribution in [0.5, 0.6) is 0 Å². The summed E-state index contributed by atoms with van der Waals surface area (Å²) < 4.78 is 37.1. The van der Waals surface area contributed by atoms with Gasteiger partial charge in [0.15, 0.2) is 0 Å². The molecule has 1 aliphatic rings. The number of nitrogens with zero attached hydrogens (tertiary/aromatic N) is 1. The quantitative estimate of drug-likeness (QED) is 0.542. The zero-order valence-corrected chi connectivity index (χ0v) is 10.9. The second-order valence-electron chi connectivity index (χ2n) is 4.60. The van der Waals surface area contributed by atoms with E-state index in [-0.39, 0.29) is 5.82 Å². The minimum absolute atomic E-state index is 0.174. The number of rotatable bonds is 3. The second-order valence-corrected chi connectivity index (χ2v) is 4.60. The molecule has 20 heavy (non-hydrogen) atoms. The van der Waals surface area contributed by atoms with E-state index in [1.54, 1.807) is 4.90 Å². The average molecular weight is 293 g/mol. The molecule has 0 bridgehead atoms. The summed E-state index contributed by atoms with van der Waals surface area (Å²) in [7, 11) is 0. The minimum Gasteiger partial charge on any atom is -0.478 e. The molecule has 1 saturated heterocycles. The smallest absolute Gasteiger partial charge is 0.430 e. The van der Waals surface area contributed by atoms with Crippen molar-refractivity contribution in [1.82, 2.24) is 4.90 Å². The van der Waals surface area contributed by atoms with Crippen LogP contribution in [-0.4, -0.2) is 35.2 Å². The maximum absolute atomic E-state index is 12.4. The molecule has 5 N–H and O–H groups in total. The SMILES string of the molecule is N/C(=C\C(C(=O)O)=C(/N)N1CCCCCC1)C(F)(F)F. The van der Waals surface area contributed by atoms with Crippen LogP contribution in [0.4, 0.5) is 13.2 Å². The first-order valence-corrected chi connectivity index (χ1v) is 6.26. The van der Waals surface area contributed by atoms with E-state index in [0.717, 1.165) is 25.7 Å². The number of alkyl halides is 3. The molecule has 0 saturated carbocycles. The number of carboxylic acid groups (broad SMARTS) is 1. The van der Waals surface area contributed by atoms with E-state index in [1.807, 2.05) is 0 Å². The van der Waals surface area contributed by atoms with Crippen LogP contribution < -0.4 is 11.5 Å². The number of allylic oxidation sites excluding steroid dienone is 1. The van der Waals surface area contributed by atoms with Gasteiger partial charge in [-0.1, -0.05) is 12.8 Å². The Hall–Kier alpha value is -1.86. The molecule has 0 atom stereocenters. The lowest BCUT2D eigenvalue weighted by Gasteiger charge is -2.24. The first-order chi connectivity index (χ1) is 9.23. The Morgan fingerprint density at radius 1 is 1.10 bits per heavy atom. The molecule has 1 fully saturated rings. The van der Waals surface area contributed by atoms with E-state index in [0.29, 0.717) is 19.2 Å². The van der Waals surface area contributed by atoms with Gasteiger partial charge < -0.3 is 21.5 Å². The maximum Gasteiger partial charge on any atom is 0.430 e. The van der Waals surface area contributed by atoms with Crippen molar-refractivity contribution < 1.29 is 23.1 Å². The fourth-order valence-electron chi connectivity index (χ4n) is 1.96. The van der Waals surface area contributed by atoms with Gasteiger partial charge in [0.25, 0.3) is 0 Å². The fraction of sp³-hybridized carbons (Fsp3) is 0.583. The predicted octanol–water partition coefficient (Wildman–Crippen LogP) is 1.52. The van der Waals surface area contributed by atoms with Gasteiger partial charge in [0.05, 0.1) is 0 Å². The van der Waals surface area contributed by atoms with Crippen molar-refractivity contribution >= 4 is 5.97 Å². The standard InChI is InChI=1S/C12H18F3N3O2/c13-12(14,15)9(16)7-8(11(19)20)10(17)18-5-3-1-2-4-6-18/h7H,1-6,16-17H2,(H,19,20)/b9-7-,10-8-. The fourth-order valence-corrected chi connectivity index (χ4v) is 1.96. The van der Waals surface area contributed by atoms with Crippen molar-refractivity contribution in [3.05, 3.63) is 23.2 Å². The Morgan fingerprint density at radius 3 is 2.00 bits per heavy atom. The topological polar surface area (TPSA) is 92.6 Å². The Kier molecular flexibility index (Phi) is 5.29. The normalized spacial score (nSPS) is 19.4. The highest BCUT2D eigenvalue weighted by Crippen LogP contribution is 2.23. The molecule has 1 rings (SSSR count). The molecule has 0 aromatic carbocycles. The molecule has 0 amide bonds. The molecule has 0 aromatic rings. The number of nitrogens with two attached hydrogens (primary N) is 2. The van der Waals surface area contributed by atoms with Gasteiger partial charge in [-0.2, -0.15) is 13.2 Å². The van der Waals surface area contributed by atoms with Gasteiger partial charge in [-0.05, 0) is 18.9 Å². The number of carbonyl (C=O) groups is 1. The Labute approximate surface area is 114 Å². The molecule has 1 aliphatic heterocycles. The number of carboxylic acids is 1. The van der Waals surface area contributed by atoms with Crippen molar-refractivity contribution in [2.24, 2.45) is 11.5 Å². The van der Waals surface area contributed by atoms with Crippen LogP contribution in [0, 0.1) is 0 Å². The van der Waals surface area contributed by atoms with Gasteiger partial charge in [0.1, 0.15) is 17.1 Å². The molecule has 0 aromatic heterocycles. The van der Waals surface area contributed by atoms with Crippen molar-refractivity contribution in [2.45, 2.75) is 31.9 Å². The summed E-state index contributed by atoms with van der Waals surface area (Å²) in [5, 5.41) is 9.03. The predicted molar refractivity (Wildman–Crippen MR) is 67.2 cm³/mol. The minimum atomic E-state index is -4.78. The molecule has 0 spiro atoms. The summed E-state index contributed by atoms with van der Waals surface area (Å²) in [6, 6.07) is 0. The van der Waals surface area contributed by atoms with E-state index in [1.165, 1.54) is 0 Å². The van der Waals surface area contributed by atoms with Crippen LogP contribution in [0.1, 0.15) is 25.7 Å². The first-order valence-electron chi connectivity index (χ1n) is 6.26. The van der Waals surface area contributed by atoms with Crippen molar-refractivity contribution in [3.63, 3.8) is 0 Å². The molecular formula is C12H18F3N3O2. The third kappa shape index (κ3) is 4.36. The number of halogens is 3. The number of likely N-dealkylation sites (tertiary alicyclic amines) is 1. The van der Waals surface area contributed by atoms with Crippen molar-refractivity contribution in [3.8, 4) is 0 Å². The van der Waals surface area contributed by atoms with E-state index < -0.39 is 23.4 Å². The third-order valence-corrected chi connectivity index (χ3v) is 3.08. The average Bonchev–Trinajstić information content (AvgIpc) is 2.61. The molecule has 5 nitrogen and oxygen atoms in total. The van der Waals surface area contributed by atoms with Gasteiger partial charge in [-0.25, -0.2) is 4.79 Å². The molecule has 1 heterocycles. The lowest BCUT2D eigenvalue weighted by molar-refractivity contribution is -0.132. The summed E-state index contributed by atoms with van der Waals surface area (Å²) in [6.07, 6.45) is -0.764. The van der Waals surface area contributed by atoms with Gasteiger partial charge in [-0.15, -0.1) is 0 Å². The molecule has 0 aliphatic carbocycles. The monoisotopic (exact) mass is 293 g/mol. The Morgan fingerprint density at radius 2 is 1.60 bits per heavy atom. The molecule has 0 radical (unpaired) electrons. The summed E-state index contributed by atoms with van der Waals surface area (Å²) in [5.74, 6) is -1.70. The molecule has 8 heteroatoms. The van der Waals surface area contributed by atoms with Gasteiger partial charge in [0, 0.05) is 13.1 Å². The lowest BCUT2D eigenvalue weighted by atomic mass is 10.2. The van der Waals surface area contributed by atoms with Crippen LogP contribution in [0.2, 0.25) is 0 Å². The largest absolute Gasteiger partial charge is 0.478 e. The zero-order valence-electron chi connectivity index (χ0n) is 10.9. The van der Waals surface area contributed by atoms with Crippen LogP contribution in [0.15, 0.2) is 23.2 Å². The van der Waals surface area contributed by atoms with Gasteiger partial charge in [0.2, 0.25) is 0 Å². The van der Waals surface area contributed by atoms with E-state index in [2.05, 4.69) is 0 Å². The maximum atomic E-state index is 12.4. The summed E-state index contributed by atoms with van der Waals surface area (Å²) in [4.78, 5) is 12.7. The highest BCUT2D eigenvalue weighted by atomic mass is 19.4. The van der Waals surface area contributed by atoms with Crippen LogP contribution in [0.3, 0.4) is 0 Å². The molecule has 0 unspecified atom stereocenters. The third-order valence-electron chi connectivity index (χ3n) is 3.08. The van der Waals surface area contributed by atoms with Crippen molar-refractivity contribution in [1.29, 1.82) is 0 Å². The summed E-state index contributed by atoms with van der Waals surface area (Å²) in [5.41, 5.74) is 8.46. The van der Waals surface area contributed by atoms with Crippen LogP contribution in [-0.2, 0) is 4.79 Å². The van der Waals surface area contributed by atoms with E-state index in [4.69, 9.17) is 16.6 Å². The number of hydrogen-bond donors (Lipinski definition) is 3. The number of hydrogen-bond acceptors (Lipinski definition) is 4. The zero-order chi connectivity index (χ0) is 15.3. The van der Waals surface area contributed by atoms with E-state index in [9.17, 15) is 18.0 Å². The highest BCUT2D eigenvalue weighted by Gasteiger charge is 2.32. The van der Waals surface area contributed by atoms with Gasteiger partial charge in [-0.3, -0.25) is 0 Å².